The molecule has 2 aliphatic heterocycles. The van der Waals surface area contributed by atoms with E-state index in [1.165, 1.54) is 23.1 Å². The number of piperazine rings is 1. The molecule has 0 spiro atoms. The fourth-order valence-corrected chi connectivity index (χ4v) is 3.24. The summed E-state index contributed by atoms with van der Waals surface area (Å²) in [6.45, 7) is 1.57. The highest BCUT2D eigenvalue weighted by molar-refractivity contribution is 5.99. The van der Waals surface area contributed by atoms with Gasteiger partial charge in [0.25, 0.3) is 5.91 Å². The van der Waals surface area contributed by atoms with E-state index in [9.17, 15) is 14.0 Å². The highest BCUT2D eigenvalue weighted by Gasteiger charge is 2.35. The SMILES string of the molecule is O=C1NCCN(C(=O)c2ccc3c(c2)OCCO3)C1c1cccc(F)c1. The van der Waals surface area contributed by atoms with Crippen LogP contribution in [-0.4, -0.2) is 43.0 Å². The summed E-state index contributed by atoms with van der Waals surface area (Å²) in [6.07, 6.45) is 0. The number of amides is 2. The number of ether oxygens (including phenoxy) is 2. The first kappa shape index (κ1) is 16.4. The minimum absolute atomic E-state index is 0.314. The van der Waals surface area contributed by atoms with E-state index in [1.54, 1.807) is 24.3 Å². The third-order valence-electron chi connectivity index (χ3n) is 4.43. The van der Waals surface area contributed by atoms with Crippen molar-refractivity contribution in [3.8, 4) is 11.5 Å². The Labute approximate surface area is 149 Å². The van der Waals surface area contributed by atoms with Crippen LogP contribution in [0.5, 0.6) is 11.5 Å². The van der Waals surface area contributed by atoms with Gasteiger partial charge in [-0.15, -0.1) is 0 Å². The molecule has 1 N–H and O–H groups in total. The van der Waals surface area contributed by atoms with Crippen molar-refractivity contribution < 1.29 is 23.5 Å². The lowest BCUT2D eigenvalue weighted by atomic mass is 10.0. The van der Waals surface area contributed by atoms with Gasteiger partial charge in [0.15, 0.2) is 11.5 Å². The average Bonchev–Trinajstić information content (AvgIpc) is 2.67. The van der Waals surface area contributed by atoms with Crippen molar-refractivity contribution in [2.45, 2.75) is 6.04 Å². The first-order chi connectivity index (χ1) is 12.6. The highest BCUT2D eigenvalue weighted by Crippen LogP contribution is 2.32. The van der Waals surface area contributed by atoms with E-state index in [-0.39, 0.29) is 11.8 Å². The van der Waals surface area contributed by atoms with Gasteiger partial charge in [0, 0.05) is 18.7 Å². The number of halogens is 1. The summed E-state index contributed by atoms with van der Waals surface area (Å²) in [5.41, 5.74) is 0.832. The van der Waals surface area contributed by atoms with Crippen LogP contribution in [0.1, 0.15) is 22.0 Å². The van der Waals surface area contributed by atoms with Gasteiger partial charge in [0.05, 0.1) is 0 Å². The van der Waals surface area contributed by atoms with Gasteiger partial charge < -0.3 is 19.7 Å². The summed E-state index contributed by atoms with van der Waals surface area (Å²) in [5, 5.41) is 2.74. The maximum Gasteiger partial charge on any atom is 0.255 e. The quantitative estimate of drug-likeness (QED) is 0.893. The van der Waals surface area contributed by atoms with Gasteiger partial charge in [-0.05, 0) is 35.9 Å². The van der Waals surface area contributed by atoms with Gasteiger partial charge in [0.1, 0.15) is 25.1 Å². The first-order valence-corrected chi connectivity index (χ1v) is 8.37. The Balaban J connectivity index is 1.67. The van der Waals surface area contributed by atoms with E-state index in [2.05, 4.69) is 5.32 Å². The maximum absolute atomic E-state index is 13.6. The Hall–Kier alpha value is -3.09. The highest BCUT2D eigenvalue weighted by atomic mass is 19.1. The molecule has 4 rings (SSSR count). The summed E-state index contributed by atoms with van der Waals surface area (Å²) in [7, 11) is 0. The predicted molar refractivity (Wildman–Crippen MR) is 90.6 cm³/mol. The third-order valence-corrected chi connectivity index (χ3v) is 4.43. The van der Waals surface area contributed by atoms with E-state index in [4.69, 9.17) is 9.47 Å². The Morgan fingerprint density at radius 2 is 1.92 bits per heavy atom. The lowest BCUT2D eigenvalue weighted by molar-refractivity contribution is -0.128. The molecule has 0 bridgehead atoms. The van der Waals surface area contributed by atoms with Crippen molar-refractivity contribution in [1.82, 2.24) is 10.2 Å². The molecule has 134 valence electrons. The minimum Gasteiger partial charge on any atom is -0.486 e. The summed E-state index contributed by atoms with van der Waals surface area (Å²) in [5.74, 6) is 0.00293. The van der Waals surface area contributed by atoms with Crippen LogP contribution in [0, 0.1) is 5.82 Å². The molecule has 2 amide bonds. The van der Waals surface area contributed by atoms with Crippen LogP contribution in [0.4, 0.5) is 4.39 Å². The van der Waals surface area contributed by atoms with Crippen LogP contribution < -0.4 is 14.8 Å². The molecule has 2 aromatic carbocycles. The van der Waals surface area contributed by atoms with Crippen molar-refractivity contribution in [3.05, 3.63) is 59.4 Å². The molecule has 1 atom stereocenters. The number of nitrogens with zero attached hydrogens (tertiary/aromatic N) is 1. The van der Waals surface area contributed by atoms with Crippen molar-refractivity contribution >= 4 is 11.8 Å². The van der Waals surface area contributed by atoms with Gasteiger partial charge in [0.2, 0.25) is 5.91 Å². The molecule has 1 saturated heterocycles. The van der Waals surface area contributed by atoms with E-state index in [1.807, 2.05) is 0 Å². The fourth-order valence-electron chi connectivity index (χ4n) is 3.24. The van der Waals surface area contributed by atoms with Gasteiger partial charge in [-0.25, -0.2) is 4.39 Å². The summed E-state index contributed by atoms with van der Waals surface area (Å²) in [4.78, 5) is 26.9. The Kier molecular flexibility index (Phi) is 4.20. The largest absolute Gasteiger partial charge is 0.486 e. The Bertz CT molecular complexity index is 870. The second-order valence-corrected chi connectivity index (χ2v) is 6.11. The second-order valence-electron chi connectivity index (χ2n) is 6.11. The zero-order valence-electron chi connectivity index (χ0n) is 13.9. The fraction of sp³-hybridized carbons (Fsp3) is 0.263. The molecule has 2 aliphatic rings. The summed E-state index contributed by atoms with van der Waals surface area (Å²) >= 11 is 0. The van der Waals surface area contributed by atoms with Crippen molar-refractivity contribution in [3.63, 3.8) is 0 Å². The lowest BCUT2D eigenvalue weighted by Crippen LogP contribution is -2.52. The number of rotatable bonds is 2. The number of fused-ring (bicyclic) bond motifs is 1. The van der Waals surface area contributed by atoms with Gasteiger partial charge in [-0.2, -0.15) is 0 Å². The number of nitrogens with one attached hydrogen (secondary N) is 1. The molecule has 0 saturated carbocycles. The van der Waals surface area contributed by atoms with Crippen LogP contribution in [0.2, 0.25) is 0 Å². The molecule has 1 fully saturated rings. The normalized spacial score (nSPS) is 19.0. The van der Waals surface area contributed by atoms with Crippen molar-refractivity contribution in [2.75, 3.05) is 26.3 Å². The maximum atomic E-state index is 13.6. The van der Waals surface area contributed by atoms with E-state index >= 15 is 0 Å². The molecule has 7 heteroatoms. The molecular weight excluding hydrogens is 339 g/mol. The van der Waals surface area contributed by atoms with Crippen LogP contribution in [0.25, 0.3) is 0 Å². The smallest absolute Gasteiger partial charge is 0.255 e. The Morgan fingerprint density at radius 3 is 2.73 bits per heavy atom. The summed E-state index contributed by atoms with van der Waals surface area (Å²) in [6, 6.07) is 9.82. The molecule has 6 nitrogen and oxygen atoms in total. The van der Waals surface area contributed by atoms with Crippen molar-refractivity contribution in [1.29, 1.82) is 0 Å². The molecule has 0 radical (unpaired) electrons. The minimum atomic E-state index is -0.875. The standard InChI is InChI=1S/C19H17FN2O4/c20-14-3-1-2-12(10-14)17-18(23)21-6-7-22(17)19(24)13-4-5-15-16(11-13)26-9-8-25-15/h1-5,10-11,17H,6-9H2,(H,21,23). The summed E-state index contributed by atoms with van der Waals surface area (Å²) < 4.78 is 24.6. The van der Waals surface area contributed by atoms with E-state index in [0.717, 1.165) is 0 Å². The van der Waals surface area contributed by atoms with Crippen LogP contribution in [-0.2, 0) is 4.79 Å². The molecule has 26 heavy (non-hydrogen) atoms. The van der Waals surface area contributed by atoms with Crippen LogP contribution in [0.3, 0.4) is 0 Å². The first-order valence-electron chi connectivity index (χ1n) is 8.37. The van der Waals surface area contributed by atoms with E-state index < -0.39 is 11.9 Å². The molecule has 2 aromatic rings. The molecular formula is C19H17FN2O4. The predicted octanol–water partition coefficient (Wildman–Crippen LogP) is 1.91. The molecule has 2 heterocycles. The third kappa shape index (κ3) is 2.96. The second kappa shape index (κ2) is 6.67. The monoisotopic (exact) mass is 356 g/mol. The van der Waals surface area contributed by atoms with Crippen LogP contribution in [0.15, 0.2) is 42.5 Å². The zero-order chi connectivity index (χ0) is 18.1. The lowest BCUT2D eigenvalue weighted by Gasteiger charge is -2.35. The van der Waals surface area contributed by atoms with Crippen LogP contribution >= 0.6 is 0 Å². The molecule has 0 aromatic heterocycles. The van der Waals surface area contributed by atoms with Gasteiger partial charge >= 0.3 is 0 Å². The average molecular weight is 356 g/mol. The number of hydrogen-bond donors (Lipinski definition) is 1. The van der Waals surface area contributed by atoms with Gasteiger partial charge in [-0.3, -0.25) is 9.59 Å². The zero-order valence-corrected chi connectivity index (χ0v) is 13.9. The Morgan fingerprint density at radius 1 is 1.12 bits per heavy atom. The number of carbonyl (C=O) groups is 2. The van der Waals surface area contributed by atoms with Gasteiger partial charge in [-0.1, -0.05) is 12.1 Å². The molecule has 0 aliphatic carbocycles. The topological polar surface area (TPSA) is 67.9 Å². The van der Waals surface area contributed by atoms with Crippen molar-refractivity contribution in [2.24, 2.45) is 0 Å². The number of carbonyl (C=O) groups excluding carboxylic acids is 2. The van der Waals surface area contributed by atoms with E-state index in [0.29, 0.717) is 48.9 Å². The molecule has 1 unspecified atom stereocenters. The number of hydrogen-bond acceptors (Lipinski definition) is 4. The number of benzene rings is 2.